The minimum atomic E-state index is -4.85. The van der Waals surface area contributed by atoms with Gasteiger partial charge in [0.05, 0.1) is 27.2 Å². The van der Waals surface area contributed by atoms with Gasteiger partial charge in [0.2, 0.25) is 0 Å². The standard InChI is InChI=1S/C26H20F3IN2O5S/c1-2-36-25(33)18-9-13-21(14-10-18)38(34,35)32(16-17-7-11-20(12-8-17)37-26(27,28)29)24-23(30)22-6-4-3-5-19(22)15-31-24/h3-15H,2,16H2,1H3. The van der Waals surface area contributed by atoms with Crippen LogP contribution in [0.15, 0.2) is 83.9 Å². The summed E-state index contributed by atoms with van der Waals surface area (Å²) in [5, 5.41) is 1.59. The normalized spacial score (nSPS) is 11.8. The summed E-state index contributed by atoms with van der Waals surface area (Å²) in [6.45, 7) is 1.61. The maximum Gasteiger partial charge on any atom is 0.573 e. The van der Waals surface area contributed by atoms with Gasteiger partial charge >= 0.3 is 12.3 Å². The summed E-state index contributed by atoms with van der Waals surface area (Å²) < 4.78 is 76.0. The first-order chi connectivity index (χ1) is 18.0. The molecule has 1 heterocycles. The molecule has 4 aromatic rings. The van der Waals surface area contributed by atoms with Crippen LogP contribution in [-0.2, 0) is 21.3 Å². The quantitative estimate of drug-likeness (QED) is 0.163. The van der Waals surface area contributed by atoms with Crippen LogP contribution in [-0.4, -0.2) is 32.3 Å². The van der Waals surface area contributed by atoms with Crippen molar-refractivity contribution in [2.24, 2.45) is 0 Å². The third kappa shape index (κ3) is 6.18. The summed E-state index contributed by atoms with van der Waals surface area (Å²) >= 11 is 2.02. The Kier molecular flexibility index (Phi) is 8.11. The van der Waals surface area contributed by atoms with E-state index < -0.39 is 28.1 Å². The van der Waals surface area contributed by atoms with Crippen molar-refractivity contribution in [2.75, 3.05) is 10.9 Å². The van der Waals surface area contributed by atoms with Crippen molar-refractivity contribution in [3.05, 3.63) is 93.7 Å². The largest absolute Gasteiger partial charge is 0.573 e. The second-order valence-electron chi connectivity index (χ2n) is 7.93. The highest BCUT2D eigenvalue weighted by molar-refractivity contribution is 14.1. The maximum absolute atomic E-state index is 13.9. The van der Waals surface area contributed by atoms with Crippen molar-refractivity contribution in [2.45, 2.75) is 24.7 Å². The number of carbonyl (C=O) groups is 1. The molecule has 0 N–H and O–H groups in total. The van der Waals surface area contributed by atoms with Gasteiger partial charge in [-0.2, -0.15) is 0 Å². The Morgan fingerprint density at radius 3 is 2.29 bits per heavy atom. The molecule has 3 aromatic carbocycles. The summed E-state index contributed by atoms with van der Waals surface area (Å²) in [7, 11) is -4.23. The Labute approximate surface area is 230 Å². The number of hydrogen-bond acceptors (Lipinski definition) is 6. The highest BCUT2D eigenvalue weighted by Crippen LogP contribution is 2.33. The average Bonchev–Trinajstić information content (AvgIpc) is 2.88. The van der Waals surface area contributed by atoms with Gasteiger partial charge in [-0.1, -0.05) is 36.4 Å². The van der Waals surface area contributed by atoms with E-state index in [2.05, 4.69) is 9.72 Å². The molecule has 0 aliphatic carbocycles. The number of carbonyl (C=O) groups excluding carboxylic acids is 1. The molecule has 0 unspecified atom stereocenters. The predicted molar refractivity (Wildman–Crippen MR) is 143 cm³/mol. The number of pyridine rings is 1. The summed E-state index contributed by atoms with van der Waals surface area (Å²) in [5.41, 5.74) is 0.591. The number of aromatic nitrogens is 1. The first kappa shape index (κ1) is 27.6. The van der Waals surface area contributed by atoms with E-state index in [-0.39, 0.29) is 29.4 Å². The SMILES string of the molecule is CCOC(=O)c1ccc(S(=O)(=O)N(Cc2ccc(OC(F)(F)F)cc2)c2ncc3ccccc3c2I)cc1. The first-order valence-corrected chi connectivity index (χ1v) is 13.7. The number of ether oxygens (including phenoxy) is 2. The summed E-state index contributed by atoms with van der Waals surface area (Å²) in [6, 6.07) is 17.6. The third-order valence-electron chi connectivity index (χ3n) is 5.39. The number of benzene rings is 3. The van der Waals surface area contributed by atoms with Gasteiger partial charge in [-0.15, -0.1) is 13.2 Å². The molecule has 0 aliphatic heterocycles. The third-order valence-corrected chi connectivity index (χ3v) is 8.21. The van der Waals surface area contributed by atoms with Gasteiger partial charge in [-0.25, -0.2) is 22.5 Å². The molecule has 0 fully saturated rings. The molecular formula is C26H20F3IN2O5S. The number of rotatable bonds is 8. The minimum absolute atomic E-state index is 0.103. The Morgan fingerprint density at radius 2 is 1.66 bits per heavy atom. The number of alkyl halides is 3. The molecule has 0 aliphatic rings. The highest BCUT2D eigenvalue weighted by atomic mass is 127. The number of esters is 1. The summed E-state index contributed by atoms with van der Waals surface area (Å²) in [5.74, 6) is -0.863. The van der Waals surface area contributed by atoms with E-state index in [9.17, 15) is 26.4 Å². The van der Waals surface area contributed by atoms with Crippen molar-refractivity contribution in [1.82, 2.24) is 4.98 Å². The van der Waals surface area contributed by atoms with Gasteiger partial charge in [0, 0.05) is 17.0 Å². The van der Waals surface area contributed by atoms with E-state index in [1.807, 2.05) is 46.9 Å². The zero-order valence-electron chi connectivity index (χ0n) is 19.8. The Bertz CT molecular complexity index is 1560. The van der Waals surface area contributed by atoms with E-state index in [1.165, 1.54) is 36.4 Å². The van der Waals surface area contributed by atoms with Crippen LogP contribution in [0.25, 0.3) is 10.8 Å². The van der Waals surface area contributed by atoms with Gasteiger partial charge in [0.1, 0.15) is 5.75 Å². The van der Waals surface area contributed by atoms with E-state index >= 15 is 0 Å². The molecule has 0 amide bonds. The lowest BCUT2D eigenvalue weighted by Crippen LogP contribution is -2.32. The fourth-order valence-electron chi connectivity index (χ4n) is 3.63. The molecule has 0 atom stereocenters. The number of fused-ring (bicyclic) bond motifs is 1. The molecular weight excluding hydrogens is 636 g/mol. The zero-order chi connectivity index (χ0) is 27.5. The average molecular weight is 656 g/mol. The Morgan fingerprint density at radius 1 is 1.00 bits per heavy atom. The lowest BCUT2D eigenvalue weighted by Gasteiger charge is -2.25. The second-order valence-corrected chi connectivity index (χ2v) is 10.9. The molecule has 38 heavy (non-hydrogen) atoms. The van der Waals surface area contributed by atoms with Gasteiger partial charge in [0.15, 0.2) is 5.82 Å². The zero-order valence-corrected chi connectivity index (χ0v) is 22.7. The van der Waals surface area contributed by atoms with Gasteiger partial charge < -0.3 is 9.47 Å². The topological polar surface area (TPSA) is 85.8 Å². The monoisotopic (exact) mass is 656 g/mol. The molecule has 198 valence electrons. The molecule has 0 bridgehead atoms. The Hall–Kier alpha value is -3.39. The van der Waals surface area contributed by atoms with Crippen LogP contribution >= 0.6 is 22.6 Å². The number of halogens is 4. The first-order valence-electron chi connectivity index (χ1n) is 11.2. The van der Waals surface area contributed by atoms with E-state index in [0.29, 0.717) is 9.13 Å². The van der Waals surface area contributed by atoms with Gasteiger partial charge in [0.25, 0.3) is 10.0 Å². The van der Waals surface area contributed by atoms with Crippen molar-refractivity contribution < 1.29 is 35.9 Å². The fourth-order valence-corrected chi connectivity index (χ4v) is 6.14. The molecule has 1 aromatic heterocycles. The molecule has 7 nitrogen and oxygen atoms in total. The van der Waals surface area contributed by atoms with Crippen LogP contribution in [0.5, 0.6) is 5.75 Å². The number of anilines is 1. The van der Waals surface area contributed by atoms with Crippen LogP contribution < -0.4 is 9.04 Å². The molecule has 12 heteroatoms. The maximum atomic E-state index is 13.9. The van der Waals surface area contributed by atoms with Crippen molar-refractivity contribution in [3.63, 3.8) is 0 Å². The van der Waals surface area contributed by atoms with E-state index in [4.69, 9.17) is 4.74 Å². The van der Waals surface area contributed by atoms with E-state index in [1.54, 1.807) is 13.1 Å². The van der Waals surface area contributed by atoms with Crippen LogP contribution in [0.1, 0.15) is 22.8 Å². The number of sulfonamides is 1. The van der Waals surface area contributed by atoms with Crippen molar-refractivity contribution in [3.8, 4) is 5.75 Å². The summed E-state index contributed by atoms with van der Waals surface area (Å²) in [6.07, 6.45) is -3.29. The molecule has 0 saturated carbocycles. The minimum Gasteiger partial charge on any atom is -0.462 e. The number of nitrogens with zero attached hydrogens (tertiary/aromatic N) is 2. The molecule has 4 rings (SSSR count). The van der Waals surface area contributed by atoms with Gasteiger partial charge in [-0.05, 0) is 71.5 Å². The van der Waals surface area contributed by atoms with Crippen molar-refractivity contribution in [1.29, 1.82) is 0 Å². The predicted octanol–water partition coefficient (Wildman–Crippen LogP) is 6.31. The smallest absolute Gasteiger partial charge is 0.462 e. The fraction of sp³-hybridized carbons (Fsp3) is 0.154. The van der Waals surface area contributed by atoms with Crippen LogP contribution in [0.4, 0.5) is 19.0 Å². The second kappa shape index (κ2) is 11.2. The highest BCUT2D eigenvalue weighted by Gasteiger charge is 2.32. The van der Waals surface area contributed by atoms with Crippen LogP contribution in [0, 0.1) is 3.57 Å². The Balaban J connectivity index is 1.77. The lowest BCUT2D eigenvalue weighted by atomic mass is 10.2. The summed E-state index contributed by atoms with van der Waals surface area (Å²) in [4.78, 5) is 16.3. The number of hydrogen-bond donors (Lipinski definition) is 0. The van der Waals surface area contributed by atoms with Gasteiger partial charge in [-0.3, -0.25) is 0 Å². The van der Waals surface area contributed by atoms with Crippen LogP contribution in [0.3, 0.4) is 0 Å². The molecule has 0 spiro atoms. The molecule has 0 radical (unpaired) electrons. The van der Waals surface area contributed by atoms with Crippen molar-refractivity contribution >= 4 is 55.2 Å². The lowest BCUT2D eigenvalue weighted by molar-refractivity contribution is -0.274. The van der Waals surface area contributed by atoms with Crippen LogP contribution in [0.2, 0.25) is 0 Å². The molecule has 0 saturated heterocycles. The van der Waals surface area contributed by atoms with E-state index in [0.717, 1.165) is 27.2 Å².